The average Bonchev–Trinajstić information content (AvgIpc) is 3.04. The van der Waals surface area contributed by atoms with Crippen molar-refractivity contribution >= 4 is 22.5 Å². The number of hydrazone groups is 1. The fourth-order valence-corrected chi connectivity index (χ4v) is 2.48. The van der Waals surface area contributed by atoms with Crippen molar-refractivity contribution in [1.82, 2.24) is 10.4 Å². The van der Waals surface area contributed by atoms with E-state index in [1.807, 2.05) is 62.4 Å². The first-order valence-corrected chi connectivity index (χ1v) is 7.83. The molecular weight excluding hydrogens is 302 g/mol. The normalized spacial score (nSPS) is 11.5. The van der Waals surface area contributed by atoms with E-state index in [1.54, 1.807) is 6.20 Å². The van der Waals surface area contributed by atoms with Crippen LogP contribution in [0, 0.1) is 0 Å². The second kappa shape index (κ2) is 7.00. The molecule has 0 aliphatic rings. The molecule has 0 fully saturated rings. The number of ether oxygens (including phenoxy) is 1. The van der Waals surface area contributed by atoms with E-state index in [9.17, 15) is 4.79 Å². The topological polar surface area (TPSA) is 66.5 Å². The monoisotopic (exact) mass is 321 g/mol. The molecule has 0 spiro atoms. The van der Waals surface area contributed by atoms with Gasteiger partial charge in [-0.1, -0.05) is 18.2 Å². The second-order valence-corrected chi connectivity index (χ2v) is 5.34. The molecule has 5 heteroatoms. The van der Waals surface area contributed by atoms with Crippen LogP contribution < -0.4 is 10.2 Å². The molecule has 3 aromatic rings. The van der Waals surface area contributed by atoms with Crippen LogP contribution in [0.25, 0.3) is 10.9 Å². The number of carbonyl (C=O) groups excluding carboxylic acids is 1. The maximum Gasteiger partial charge on any atom is 0.273 e. The number of benzene rings is 2. The molecule has 1 aromatic heterocycles. The minimum absolute atomic E-state index is 0.238. The maximum atomic E-state index is 12.3. The van der Waals surface area contributed by atoms with Crippen molar-refractivity contribution in [2.45, 2.75) is 13.8 Å². The molecule has 0 aliphatic carbocycles. The van der Waals surface area contributed by atoms with Gasteiger partial charge < -0.3 is 9.72 Å². The number of carbonyl (C=O) groups is 1. The van der Waals surface area contributed by atoms with Crippen molar-refractivity contribution in [2.24, 2.45) is 5.10 Å². The highest BCUT2D eigenvalue weighted by Crippen LogP contribution is 2.17. The van der Waals surface area contributed by atoms with Crippen LogP contribution in [0.2, 0.25) is 0 Å². The number of fused-ring (bicyclic) bond motifs is 1. The van der Waals surface area contributed by atoms with Gasteiger partial charge in [-0.2, -0.15) is 5.10 Å². The van der Waals surface area contributed by atoms with Crippen molar-refractivity contribution in [3.63, 3.8) is 0 Å². The summed E-state index contributed by atoms with van der Waals surface area (Å²) in [7, 11) is 0. The van der Waals surface area contributed by atoms with E-state index in [1.165, 1.54) is 0 Å². The summed E-state index contributed by atoms with van der Waals surface area (Å²) in [6.07, 6.45) is 1.70. The molecule has 3 rings (SSSR count). The summed E-state index contributed by atoms with van der Waals surface area (Å²) in [6.45, 7) is 4.43. The predicted molar refractivity (Wildman–Crippen MR) is 95.6 cm³/mol. The third kappa shape index (κ3) is 3.30. The average molecular weight is 321 g/mol. The Balaban J connectivity index is 1.73. The number of aromatic nitrogens is 1. The standard InChI is InChI=1S/C19H19N3O2/c1-3-24-15-10-8-14(9-11-15)13(2)21-22-19(23)17-12-20-18-7-5-4-6-16(17)18/h4-12,20H,3H2,1-2H3,(H,22,23)/b21-13+. The Kier molecular flexibility index (Phi) is 4.61. The number of hydrogen-bond donors (Lipinski definition) is 2. The van der Waals surface area contributed by atoms with Gasteiger partial charge in [0.25, 0.3) is 5.91 Å². The van der Waals surface area contributed by atoms with Crippen molar-refractivity contribution in [1.29, 1.82) is 0 Å². The van der Waals surface area contributed by atoms with Crippen molar-refractivity contribution in [3.05, 3.63) is 65.9 Å². The van der Waals surface area contributed by atoms with Crippen LogP contribution in [0.1, 0.15) is 29.8 Å². The van der Waals surface area contributed by atoms with E-state index in [2.05, 4.69) is 15.5 Å². The van der Waals surface area contributed by atoms with Crippen LogP contribution in [0.4, 0.5) is 0 Å². The van der Waals surface area contributed by atoms with Gasteiger partial charge in [0.05, 0.1) is 17.9 Å². The van der Waals surface area contributed by atoms with Gasteiger partial charge in [0.2, 0.25) is 0 Å². The lowest BCUT2D eigenvalue weighted by Gasteiger charge is -2.05. The first-order valence-electron chi connectivity index (χ1n) is 7.83. The van der Waals surface area contributed by atoms with Crippen LogP contribution in [0.5, 0.6) is 5.75 Å². The summed E-state index contributed by atoms with van der Waals surface area (Å²) in [6, 6.07) is 15.3. The van der Waals surface area contributed by atoms with Crippen molar-refractivity contribution in [2.75, 3.05) is 6.61 Å². The summed E-state index contributed by atoms with van der Waals surface area (Å²) in [4.78, 5) is 15.4. The zero-order valence-electron chi connectivity index (χ0n) is 13.7. The largest absolute Gasteiger partial charge is 0.494 e. The number of H-pyrrole nitrogens is 1. The lowest BCUT2D eigenvalue weighted by Crippen LogP contribution is -2.19. The van der Waals surface area contributed by atoms with Crippen LogP contribution >= 0.6 is 0 Å². The maximum absolute atomic E-state index is 12.3. The molecule has 1 amide bonds. The molecule has 0 saturated heterocycles. The third-order valence-corrected chi connectivity index (χ3v) is 3.74. The number of nitrogens with one attached hydrogen (secondary N) is 2. The molecule has 0 atom stereocenters. The number of hydrogen-bond acceptors (Lipinski definition) is 3. The second-order valence-electron chi connectivity index (χ2n) is 5.34. The fourth-order valence-electron chi connectivity index (χ4n) is 2.48. The summed E-state index contributed by atoms with van der Waals surface area (Å²) >= 11 is 0. The van der Waals surface area contributed by atoms with Crippen LogP contribution in [-0.4, -0.2) is 23.2 Å². The molecule has 1 heterocycles. The smallest absolute Gasteiger partial charge is 0.273 e. The molecule has 0 saturated carbocycles. The fraction of sp³-hybridized carbons (Fsp3) is 0.158. The summed E-state index contributed by atoms with van der Waals surface area (Å²) in [5, 5.41) is 5.07. The highest BCUT2D eigenvalue weighted by molar-refractivity contribution is 6.07. The van der Waals surface area contributed by atoms with Gasteiger partial charge in [0, 0.05) is 17.1 Å². The van der Waals surface area contributed by atoms with Gasteiger partial charge in [0.15, 0.2) is 0 Å². The Morgan fingerprint density at radius 1 is 1.17 bits per heavy atom. The van der Waals surface area contributed by atoms with Gasteiger partial charge in [0.1, 0.15) is 5.75 Å². The number of para-hydroxylation sites is 1. The van der Waals surface area contributed by atoms with Crippen LogP contribution in [0.15, 0.2) is 59.8 Å². The van der Waals surface area contributed by atoms with Gasteiger partial charge in [-0.25, -0.2) is 5.43 Å². The molecule has 24 heavy (non-hydrogen) atoms. The first-order chi connectivity index (χ1) is 11.7. The Morgan fingerprint density at radius 2 is 1.92 bits per heavy atom. The molecule has 2 aromatic carbocycles. The number of amides is 1. The lowest BCUT2D eigenvalue weighted by atomic mass is 10.1. The minimum Gasteiger partial charge on any atom is -0.494 e. The molecule has 5 nitrogen and oxygen atoms in total. The first kappa shape index (κ1) is 15.8. The van der Waals surface area contributed by atoms with E-state index in [0.717, 1.165) is 27.9 Å². The molecule has 0 aliphatic heterocycles. The lowest BCUT2D eigenvalue weighted by molar-refractivity contribution is 0.0956. The Morgan fingerprint density at radius 3 is 2.67 bits per heavy atom. The highest BCUT2D eigenvalue weighted by atomic mass is 16.5. The van der Waals surface area contributed by atoms with E-state index in [0.29, 0.717) is 12.2 Å². The number of rotatable bonds is 5. The van der Waals surface area contributed by atoms with E-state index in [-0.39, 0.29) is 5.91 Å². The van der Waals surface area contributed by atoms with Crippen LogP contribution in [-0.2, 0) is 0 Å². The van der Waals surface area contributed by atoms with E-state index in [4.69, 9.17) is 4.74 Å². The SMILES string of the molecule is CCOc1ccc(/C(C)=N/NC(=O)c2c[nH]c3ccccc23)cc1. The predicted octanol–water partition coefficient (Wildman–Crippen LogP) is 3.72. The molecule has 0 bridgehead atoms. The highest BCUT2D eigenvalue weighted by Gasteiger charge is 2.11. The van der Waals surface area contributed by atoms with Crippen LogP contribution in [0.3, 0.4) is 0 Å². The number of nitrogens with zero attached hydrogens (tertiary/aromatic N) is 1. The quantitative estimate of drug-likeness (QED) is 0.555. The van der Waals surface area contributed by atoms with Crippen molar-refractivity contribution in [3.8, 4) is 5.75 Å². The van der Waals surface area contributed by atoms with Gasteiger partial charge >= 0.3 is 0 Å². The van der Waals surface area contributed by atoms with E-state index < -0.39 is 0 Å². The molecular formula is C19H19N3O2. The molecule has 0 radical (unpaired) electrons. The summed E-state index contributed by atoms with van der Waals surface area (Å²) in [5.41, 5.74) is 5.77. The summed E-state index contributed by atoms with van der Waals surface area (Å²) in [5.74, 6) is 0.578. The van der Waals surface area contributed by atoms with Gasteiger partial charge in [-0.3, -0.25) is 4.79 Å². The van der Waals surface area contributed by atoms with Gasteiger partial charge in [-0.05, 0) is 49.7 Å². The van der Waals surface area contributed by atoms with Crippen molar-refractivity contribution < 1.29 is 9.53 Å². The number of aromatic amines is 1. The zero-order chi connectivity index (χ0) is 16.9. The molecule has 122 valence electrons. The Labute approximate surface area is 140 Å². The summed E-state index contributed by atoms with van der Waals surface area (Å²) < 4.78 is 5.42. The third-order valence-electron chi connectivity index (χ3n) is 3.74. The molecule has 2 N–H and O–H groups in total. The van der Waals surface area contributed by atoms with E-state index >= 15 is 0 Å². The Hall–Kier alpha value is -3.08. The Bertz CT molecular complexity index is 879. The minimum atomic E-state index is -0.238. The molecule has 0 unspecified atom stereocenters. The zero-order valence-corrected chi connectivity index (χ0v) is 13.7. The van der Waals surface area contributed by atoms with Gasteiger partial charge in [-0.15, -0.1) is 0 Å².